The Morgan fingerprint density at radius 1 is 1.42 bits per heavy atom. The molecule has 0 bridgehead atoms. The van der Waals surface area contributed by atoms with Crippen molar-refractivity contribution in [2.24, 2.45) is 0 Å². The van der Waals surface area contributed by atoms with Gasteiger partial charge in [-0.15, -0.1) is 0 Å². The highest BCUT2D eigenvalue weighted by Crippen LogP contribution is 2.29. The van der Waals surface area contributed by atoms with Crippen LogP contribution in [0.4, 0.5) is 0 Å². The molecule has 0 aliphatic carbocycles. The fraction of sp³-hybridized carbons (Fsp3) is 0.429. The molecule has 1 aromatic carbocycles. The summed E-state index contributed by atoms with van der Waals surface area (Å²) in [4.78, 5) is 14.0. The molecule has 5 nitrogen and oxygen atoms in total. The summed E-state index contributed by atoms with van der Waals surface area (Å²) in [6, 6.07) is 9.72. The van der Waals surface area contributed by atoms with Crippen molar-refractivity contribution in [1.82, 2.24) is 4.90 Å². The normalized spacial score (nSPS) is 25.3. The van der Waals surface area contributed by atoms with Gasteiger partial charge in [0.25, 0.3) is 5.91 Å². The van der Waals surface area contributed by atoms with E-state index in [1.165, 1.54) is 0 Å². The number of nitriles is 1. The number of hydrogen-bond donors (Lipinski definition) is 0. The lowest BCUT2D eigenvalue weighted by molar-refractivity contribution is -0.143. The van der Waals surface area contributed by atoms with Gasteiger partial charge in [-0.05, 0) is 11.6 Å². The van der Waals surface area contributed by atoms with Gasteiger partial charge in [-0.2, -0.15) is 5.26 Å². The third-order valence-corrected chi connectivity index (χ3v) is 3.44. The van der Waals surface area contributed by atoms with Crippen LogP contribution in [0.5, 0.6) is 5.75 Å². The molecule has 1 fully saturated rings. The van der Waals surface area contributed by atoms with E-state index in [4.69, 9.17) is 14.7 Å². The summed E-state index contributed by atoms with van der Waals surface area (Å²) in [5, 5.41) is 8.85. The molecule has 2 aliphatic rings. The lowest BCUT2D eigenvalue weighted by Crippen LogP contribution is -2.49. The maximum atomic E-state index is 12.4. The van der Waals surface area contributed by atoms with E-state index in [1.807, 2.05) is 30.3 Å². The number of nitrogens with zero attached hydrogens (tertiary/aromatic N) is 2. The van der Waals surface area contributed by atoms with Crippen molar-refractivity contribution in [3.63, 3.8) is 0 Å². The molecule has 19 heavy (non-hydrogen) atoms. The van der Waals surface area contributed by atoms with Gasteiger partial charge in [0.05, 0.1) is 19.2 Å². The largest absolute Gasteiger partial charge is 0.480 e. The van der Waals surface area contributed by atoms with E-state index in [1.54, 1.807) is 4.90 Å². The SMILES string of the molecule is N#CC1CN(C(=O)C2Cc3ccccc3O2)CCO1. The van der Waals surface area contributed by atoms with E-state index in [0.29, 0.717) is 26.1 Å². The second kappa shape index (κ2) is 4.90. The Labute approximate surface area is 111 Å². The smallest absolute Gasteiger partial charge is 0.264 e. The van der Waals surface area contributed by atoms with Crippen molar-refractivity contribution in [2.45, 2.75) is 18.6 Å². The lowest BCUT2D eigenvalue weighted by Gasteiger charge is -2.31. The van der Waals surface area contributed by atoms with Crippen molar-refractivity contribution in [1.29, 1.82) is 5.26 Å². The number of fused-ring (bicyclic) bond motifs is 1. The molecule has 0 aromatic heterocycles. The molecular formula is C14H14N2O3. The molecule has 1 aromatic rings. The maximum absolute atomic E-state index is 12.4. The van der Waals surface area contributed by atoms with Crippen LogP contribution in [-0.4, -0.2) is 42.7 Å². The summed E-state index contributed by atoms with van der Waals surface area (Å²) < 4.78 is 10.9. The van der Waals surface area contributed by atoms with Gasteiger partial charge in [-0.3, -0.25) is 4.79 Å². The molecule has 0 radical (unpaired) electrons. The van der Waals surface area contributed by atoms with E-state index in [9.17, 15) is 4.79 Å². The molecule has 0 N–H and O–H groups in total. The third kappa shape index (κ3) is 2.27. The first-order valence-corrected chi connectivity index (χ1v) is 6.32. The zero-order valence-corrected chi connectivity index (χ0v) is 10.4. The summed E-state index contributed by atoms with van der Waals surface area (Å²) in [5.74, 6) is 0.727. The monoisotopic (exact) mass is 258 g/mol. The van der Waals surface area contributed by atoms with Crippen LogP contribution in [-0.2, 0) is 16.0 Å². The first-order valence-electron chi connectivity index (χ1n) is 6.32. The number of morpholine rings is 1. The van der Waals surface area contributed by atoms with Crippen LogP contribution in [0.3, 0.4) is 0 Å². The van der Waals surface area contributed by atoms with Crippen molar-refractivity contribution < 1.29 is 14.3 Å². The molecule has 2 aliphatic heterocycles. The van der Waals surface area contributed by atoms with Crippen molar-refractivity contribution in [3.8, 4) is 11.8 Å². The van der Waals surface area contributed by atoms with Crippen LogP contribution in [0.15, 0.2) is 24.3 Å². The molecule has 5 heteroatoms. The van der Waals surface area contributed by atoms with Gasteiger partial charge >= 0.3 is 0 Å². The van der Waals surface area contributed by atoms with E-state index < -0.39 is 12.2 Å². The predicted molar refractivity (Wildman–Crippen MR) is 66.5 cm³/mol. The van der Waals surface area contributed by atoms with E-state index >= 15 is 0 Å². The summed E-state index contributed by atoms with van der Waals surface area (Å²) in [7, 11) is 0. The molecule has 0 saturated carbocycles. The quantitative estimate of drug-likeness (QED) is 0.745. The van der Waals surface area contributed by atoms with Crippen molar-refractivity contribution >= 4 is 5.91 Å². The molecular weight excluding hydrogens is 244 g/mol. The van der Waals surface area contributed by atoms with Gasteiger partial charge in [0.2, 0.25) is 0 Å². The Morgan fingerprint density at radius 2 is 2.26 bits per heavy atom. The van der Waals surface area contributed by atoms with Crippen LogP contribution in [0.1, 0.15) is 5.56 Å². The Morgan fingerprint density at radius 3 is 3.05 bits per heavy atom. The van der Waals surface area contributed by atoms with Crippen LogP contribution in [0.25, 0.3) is 0 Å². The Kier molecular flexibility index (Phi) is 3.10. The maximum Gasteiger partial charge on any atom is 0.264 e. The first-order chi connectivity index (χ1) is 9.28. The van der Waals surface area contributed by atoms with Gasteiger partial charge in [0.1, 0.15) is 5.75 Å². The summed E-state index contributed by atoms with van der Waals surface area (Å²) >= 11 is 0. The lowest BCUT2D eigenvalue weighted by atomic mass is 10.1. The van der Waals surface area contributed by atoms with Crippen molar-refractivity contribution in [3.05, 3.63) is 29.8 Å². The summed E-state index contributed by atoms with van der Waals surface area (Å²) in [5.41, 5.74) is 1.06. The fourth-order valence-corrected chi connectivity index (χ4v) is 2.45. The second-order valence-electron chi connectivity index (χ2n) is 4.69. The standard InChI is InChI=1S/C14H14N2O3/c15-8-11-9-16(5-6-18-11)14(17)13-7-10-3-1-2-4-12(10)19-13/h1-4,11,13H,5-7,9H2. The number of carbonyl (C=O) groups excluding carboxylic acids is 1. The number of ether oxygens (including phenoxy) is 2. The van der Waals surface area contributed by atoms with Gasteiger partial charge in [0, 0.05) is 13.0 Å². The first kappa shape index (κ1) is 12.0. The zero-order valence-electron chi connectivity index (χ0n) is 10.4. The number of benzene rings is 1. The number of rotatable bonds is 1. The Hall–Kier alpha value is -2.06. The highest BCUT2D eigenvalue weighted by Gasteiger charge is 2.34. The van der Waals surface area contributed by atoms with Crippen LogP contribution in [0.2, 0.25) is 0 Å². The molecule has 2 unspecified atom stereocenters. The molecule has 98 valence electrons. The summed E-state index contributed by atoms with van der Waals surface area (Å²) in [6.45, 7) is 1.25. The molecule has 0 spiro atoms. The third-order valence-electron chi connectivity index (χ3n) is 3.44. The van der Waals surface area contributed by atoms with Gasteiger partial charge in [-0.25, -0.2) is 0 Å². The Bertz CT molecular complexity index is 513. The van der Waals surface area contributed by atoms with Gasteiger partial charge in [-0.1, -0.05) is 18.2 Å². The van der Waals surface area contributed by atoms with E-state index in [2.05, 4.69) is 0 Å². The molecule has 1 amide bonds. The van der Waals surface area contributed by atoms with E-state index in [-0.39, 0.29) is 5.91 Å². The number of carbonyl (C=O) groups is 1. The highest BCUT2D eigenvalue weighted by atomic mass is 16.5. The van der Waals surface area contributed by atoms with Gasteiger partial charge in [0.15, 0.2) is 12.2 Å². The number of para-hydroxylation sites is 1. The topological polar surface area (TPSA) is 62.6 Å². The molecule has 2 heterocycles. The highest BCUT2D eigenvalue weighted by molar-refractivity contribution is 5.82. The van der Waals surface area contributed by atoms with Crippen molar-refractivity contribution in [2.75, 3.05) is 19.7 Å². The minimum atomic E-state index is -0.526. The number of hydrogen-bond acceptors (Lipinski definition) is 4. The van der Waals surface area contributed by atoms with Crippen LogP contribution >= 0.6 is 0 Å². The predicted octanol–water partition coefficient (Wildman–Crippen LogP) is 0.741. The molecule has 2 atom stereocenters. The molecule has 3 rings (SSSR count). The minimum Gasteiger partial charge on any atom is -0.480 e. The zero-order chi connectivity index (χ0) is 13.2. The van der Waals surface area contributed by atoms with E-state index in [0.717, 1.165) is 11.3 Å². The average molecular weight is 258 g/mol. The fourth-order valence-electron chi connectivity index (χ4n) is 2.45. The van der Waals surface area contributed by atoms with Crippen LogP contribution in [0, 0.1) is 11.3 Å². The van der Waals surface area contributed by atoms with Crippen LogP contribution < -0.4 is 4.74 Å². The summed E-state index contributed by atoms with van der Waals surface area (Å²) in [6.07, 6.45) is -0.389. The average Bonchev–Trinajstić information content (AvgIpc) is 2.90. The Balaban J connectivity index is 1.68. The number of amides is 1. The van der Waals surface area contributed by atoms with Gasteiger partial charge < -0.3 is 14.4 Å². The minimum absolute atomic E-state index is 0.0558. The molecule has 1 saturated heterocycles. The second-order valence-corrected chi connectivity index (χ2v) is 4.69.